The number of allylic oxidation sites excluding steroid dienone is 1. The van der Waals surface area contributed by atoms with Crippen LogP contribution in [0.2, 0.25) is 0 Å². The minimum atomic E-state index is 0.289. The maximum Gasteiger partial charge on any atom is 0.470 e. The number of hydrogen-bond acceptors (Lipinski definition) is 5. The molecule has 1 heterocycles. The number of rotatable bonds is 4. The molecule has 0 amide bonds. The second-order valence-electron chi connectivity index (χ2n) is 4.05. The SMILES string of the molecule is CCOC(=CC#N)NOC(N1CCOCC1)=[N+](C)C. The van der Waals surface area contributed by atoms with Gasteiger partial charge < -0.3 is 14.3 Å². The molecule has 7 heteroatoms. The maximum atomic E-state index is 8.64. The van der Waals surface area contributed by atoms with Gasteiger partial charge in [0.2, 0.25) is 5.88 Å². The minimum absolute atomic E-state index is 0.289. The second kappa shape index (κ2) is 8.21. The maximum absolute atomic E-state index is 8.64. The van der Waals surface area contributed by atoms with Gasteiger partial charge in [0.15, 0.2) is 0 Å². The standard InChI is InChI=1S/C12H21N4O3/c1-4-18-11(5-6-13)14-19-12(15(2)3)16-7-9-17-10-8-16/h5,14H,4,7-10H2,1-3H3/q+1. The summed E-state index contributed by atoms with van der Waals surface area (Å²) in [5.41, 5.74) is 2.66. The highest BCUT2D eigenvalue weighted by molar-refractivity contribution is 5.68. The number of ether oxygens (including phenoxy) is 2. The third-order valence-corrected chi connectivity index (χ3v) is 2.40. The molecule has 1 aliphatic rings. The molecule has 19 heavy (non-hydrogen) atoms. The number of nitrogens with one attached hydrogen (secondary N) is 1. The van der Waals surface area contributed by atoms with Crippen LogP contribution in [0.1, 0.15) is 6.92 Å². The van der Waals surface area contributed by atoms with E-state index < -0.39 is 0 Å². The molecule has 1 saturated heterocycles. The van der Waals surface area contributed by atoms with Gasteiger partial charge in [0.05, 0.1) is 46.1 Å². The van der Waals surface area contributed by atoms with Gasteiger partial charge in [0.1, 0.15) is 13.1 Å². The molecule has 0 aromatic rings. The molecular formula is C12H21N4O3+. The summed E-state index contributed by atoms with van der Waals surface area (Å²) < 4.78 is 12.4. The van der Waals surface area contributed by atoms with E-state index in [9.17, 15) is 0 Å². The van der Waals surface area contributed by atoms with Crippen LogP contribution in [0, 0.1) is 11.3 Å². The zero-order chi connectivity index (χ0) is 14.1. The molecule has 7 nitrogen and oxygen atoms in total. The van der Waals surface area contributed by atoms with E-state index in [0.717, 1.165) is 13.1 Å². The Morgan fingerprint density at radius 2 is 2.16 bits per heavy atom. The third-order valence-electron chi connectivity index (χ3n) is 2.40. The van der Waals surface area contributed by atoms with Crippen molar-refractivity contribution >= 4 is 6.02 Å². The average molecular weight is 269 g/mol. The first-order valence-corrected chi connectivity index (χ1v) is 6.21. The van der Waals surface area contributed by atoms with Crippen molar-refractivity contribution in [2.24, 2.45) is 0 Å². The molecule has 106 valence electrons. The van der Waals surface area contributed by atoms with Crippen molar-refractivity contribution in [2.45, 2.75) is 6.92 Å². The lowest BCUT2D eigenvalue weighted by molar-refractivity contribution is -0.483. The number of morpholine rings is 1. The van der Waals surface area contributed by atoms with E-state index in [2.05, 4.69) is 10.4 Å². The van der Waals surface area contributed by atoms with Crippen LogP contribution in [0.4, 0.5) is 0 Å². The van der Waals surface area contributed by atoms with Crippen LogP contribution in [0.15, 0.2) is 12.0 Å². The van der Waals surface area contributed by atoms with E-state index in [0.29, 0.717) is 25.8 Å². The van der Waals surface area contributed by atoms with Crippen LogP contribution in [0.25, 0.3) is 0 Å². The Bertz CT molecular complexity index is 377. The first kappa shape index (κ1) is 15.1. The predicted molar refractivity (Wildman–Crippen MR) is 69.1 cm³/mol. The van der Waals surface area contributed by atoms with Crippen LogP contribution in [-0.4, -0.2) is 62.5 Å². The molecule has 1 N–H and O–H groups in total. The number of nitriles is 1. The highest BCUT2D eigenvalue weighted by Crippen LogP contribution is 2.00. The quantitative estimate of drug-likeness (QED) is 0.191. The van der Waals surface area contributed by atoms with E-state index >= 15 is 0 Å². The fraction of sp³-hybridized carbons (Fsp3) is 0.667. The van der Waals surface area contributed by atoms with E-state index in [1.54, 1.807) is 0 Å². The summed E-state index contributed by atoms with van der Waals surface area (Å²) in [5, 5.41) is 8.64. The monoisotopic (exact) mass is 269 g/mol. The van der Waals surface area contributed by atoms with Gasteiger partial charge in [-0.2, -0.15) is 10.7 Å². The summed E-state index contributed by atoms with van der Waals surface area (Å²) in [4.78, 5) is 7.59. The van der Waals surface area contributed by atoms with Crippen molar-refractivity contribution in [3.63, 3.8) is 0 Å². The first-order valence-electron chi connectivity index (χ1n) is 6.21. The third kappa shape index (κ3) is 5.06. The first-order chi connectivity index (χ1) is 9.19. The lowest BCUT2D eigenvalue weighted by atomic mass is 10.4. The number of hydrogen-bond donors (Lipinski definition) is 1. The normalized spacial score (nSPS) is 15.5. The zero-order valence-electron chi connectivity index (χ0n) is 11.7. The predicted octanol–water partition coefficient (Wildman–Crippen LogP) is -0.131. The van der Waals surface area contributed by atoms with Crippen molar-refractivity contribution < 1.29 is 18.9 Å². The van der Waals surface area contributed by atoms with Crippen LogP contribution in [-0.2, 0) is 14.3 Å². The molecule has 0 bridgehead atoms. The Kier molecular flexibility index (Phi) is 6.53. The number of nitrogens with zero attached hydrogens (tertiary/aromatic N) is 3. The Morgan fingerprint density at radius 3 is 2.68 bits per heavy atom. The van der Waals surface area contributed by atoms with Crippen LogP contribution < -0.4 is 5.48 Å². The highest BCUT2D eigenvalue weighted by atomic mass is 16.7. The van der Waals surface area contributed by atoms with Gasteiger partial charge in [-0.1, -0.05) is 0 Å². The number of amidine groups is 1. The van der Waals surface area contributed by atoms with Gasteiger partial charge in [0.25, 0.3) is 0 Å². The van der Waals surface area contributed by atoms with Crippen LogP contribution in [0.5, 0.6) is 0 Å². The van der Waals surface area contributed by atoms with Crippen LogP contribution >= 0.6 is 0 Å². The Morgan fingerprint density at radius 1 is 1.47 bits per heavy atom. The molecule has 0 spiro atoms. The summed E-state index contributed by atoms with van der Waals surface area (Å²) in [6.07, 6.45) is 1.26. The van der Waals surface area contributed by atoms with E-state index in [4.69, 9.17) is 19.6 Å². The molecule has 0 aliphatic carbocycles. The molecule has 0 atom stereocenters. The van der Waals surface area contributed by atoms with E-state index in [1.807, 2.05) is 31.7 Å². The van der Waals surface area contributed by atoms with Gasteiger partial charge >= 0.3 is 6.02 Å². The lowest BCUT2D eigenvalue weighted by Crippen LogP contribution is -2.47. The summed E-state index contributed by atoms with van der Waals surface area (Å²) >= 11 is 0. The molecule has 1 rings (SSSR count). The van der Waals surface area contributed by atoms with E-state index in [1.165, 1.54) is 6.08 Å². The summed E-state index contributed by atoms with van der Waals surface area (Å²) in [7, 11) is 3.78. The molecule has 0 unspecified atom stereocenters. The molecule has 0 aromatic heterocycles. The topological polar surface area (TPSA) is 69.8 Å². The minimum Gasteiger partial charge on any atom is -0.477 e. The van der Waals surface area contributed by atoms with Crippen molar-refractivity contribution in [1.82, 2.24) is 10.4 Å². The van der Waals surface area contributed by atoms with Gasteiger partial charge in [-0.25, -0.2) is 9.48 Å². The summed E-state index contributed by atoms with van der Waals surface area (Å²) in [5.74, 6) is 0.289. The highest BCUT2D eigenvalue weighted by Gasteiger charge is 2.26. The fourth-order valence-electron chi connectivity index (χ4n) is 1.60. The van der Waals surface area contributed by atoms with Crippen molar-refractivity contribution in [3.8, 4) is 6.07 Å². The van der Waals surface area contributed by atoms with Gasteiger partial charge in [-0.3, -0.25) is 0 Å². The van der Waals surface area contributed by atoms with Gasteiger partial charge in [-0.05, 0) is 6.92 Å². The number of hydroxylamine groups is 1. The Hall–Kier alpha value is -1.94. The lowest BCUT2D eigenvalue weighted by Gasteiger charge is -2.23. The Balaban J connectivity index is 2.62. The summed E-state index contributed by atoms with van der Waals surface area (Å²) in [6, 6.07) is 2.56. The van der Waals surface area contributed by atoms with Crippen LogP contribution in [0.3, 0.4) is 0 Å². The molecule has 0 radical (unpaired) electrons. The Labute approximate surface area is 113 Å². The molecule has 0 aromatic carbocycles. The average Bonchev–Trinajstić information content (AvgIpc) is 2.40. The zero-order valence-corrected chi connectivity index (χ0v) is 11.7. The van der Waals surface area contributed by atoms with Crippen molar-refractivity contribution in [2.75, 3.05) is 47.0 Å². The smallest absolute Gasteiger partial charge is 0.470 e. The van der Waals surface area contributed by atoms with Gasteiger partial charge in [0, 0.05) is 0 Å². The van der Waals surface area contributed by atoms with Crippen molar-refractivity contribution in [1.29, 1.82) is 5.26 Å². The molecule has 0 saturated carbocycles. The molecule has 1 fully saturated rings. The largest absolute Gasteiger partial charge is 0.477 e. The van der Waals surface area contributed by atoms with Gasteiger partial charge in [-0.15, -0.1) is 0 Å². The molecule has 1 aliphatic heterocycles. The fourth-order valence-corrected chi connectivity index (χ4v) is 1.60. The molecular weight excluding hydrogens is 248 g/mol. The van der Waals surface area contributed by atoms with E-state index in [-0.39, 0.29) is 5.88 Å². The summed E-state index contributed by atoms with van der Waals surface area (Å²) in [6.45, 7) is 5.17. The second-order valence-corrected chi connectivity index (χ2v) is 4.05. The van der Waals surface area contributed by atoms with Crippen molar-refractivity contribution in [3.05, 3.63) is 12.0 Å².